The average molecular weight is 192 g/mol. The summed E-state index contributed by atoms with van der Waals surface area (Å²) in [5.41, 5.74) is 2.41. The highest BCUT2D eigenvalue weighted by Crippen LogP contribution is 2.13. The molecule has 14 heavy (non-hydrogen) atoms. The lowest BCUT2D eigenvalue weighted by molar-refractivity contribution is 1.35. The third kappa shape index (κ3) is 2.87. The number of nitrogens with zero attached hydrogens (tertiary/aromatic N) is 1. The third-order valence-corrected chi connectivity index (χ3v) is 1.69. The summed E-state index contributed by atoms with van der Waals surface area (Å²) < 4.78 is 0. The number of aryl methyl sites for hydroxylation is 1. The summed E-state index contributed by atoms with van der Waals surface area (Å²) >= 11 is 0. The summed E-state index contributed by atoms with van der Waals surface area (Å²) in [5.74, 6) is 0. The zero-order valence-corrected chi connectivity index (χ0v) is 9.76. The molecule has 2 rings (SSSR count). The predicted octanol–water partition coefficient (Wildman–Crippen LogP) is 3.92. The summed E-state index contributed by atoms with van der Waals surface area (Å²) in [4.78, 5) is 7.17. The van der Waals surface area contributed by atoms with Crippen molar-refractivity contribution in [3.05, 3.63) is 30.2 Å². The fourth-order valence-corrected chi connectivity index (χ4v) is 1.10. The third-order valence-electron chi connectivity index (χ3n) is 1.69. The van der Waals surface area contributed by atoms with E-state index in [-0.39, 0.29) is 0 Å². The summed E-state index contributed by atoms with van der Waals surface area (Å²) in [6, 6.07) is 1.97. The van der Waals surface area contributed by atoms with Crippen LogP contribution in [0.2, 0.25) is 0 Å². The van der Waals surface area contributed by atoms with Crippen LogP contribution in [0.15, 0.2) is 24.7 Å². The van der Waals surface area contributed by atoms with Crippen molar-refractivity contribution in [2.45, 2.75) is 34.6 Å². The minimum atomic E-state index is 1.16. The van der Waals surface area contributed by atoms with Gasteiger partial charge in [0.1, 0.15) is 0 Å². The molecule has 0 amide bonds. The molecule has 0 unspecified atom stereocenters. The van der Waals surface area contributed by atoms with Gasteiger partial charge in [0.25, 0.3) is 0 Å². The van der Waals surface area contributed by atoms with Crippen LogP contribution in [-0.2, 0) is 0 Å². The van der Waals surface area contributed by atoms with E-state index in [9.17, 15) is 0 Å². The van der Waals surface area contributed by atoms with Gasteiger partial charge in [-0.05, 0) is 18.6 Å². The molecule has 0 saturated carbocycles. The lowest BCUT2D eigenvalue weighted by Gasteiger charge is -1.86. The summed E-state index contributed by atoms with van der Waals surface area (Å²) in [7, 11) is 0. The quantitative estimate of drug-likeness (QED) is 0.673. The maximum absolute atomic E-state index is 4.03. The molecule has 1 N–H and O–H groups in total. The van der Waals surface area contributed by atoms with E-state index in [2.05, 4.69) is 16.9 Å². The summed E-state index contributed by atoms with van der Waals surface area (Å²) in [6.45, 7) is 10.1. The molecule has 0 atom stereocenters. The summed E-state index contributed by atoms with van der Waals surface area (Å²) in [5, 5.41) is 1.21. The molecule has 0 spiro atoms. The predicted molar refractivity (Wildman–Crippen MR) is 63.5 cm³/mol. The lowest BCUT2D eigenvalue weighted by Crippen LogP contribution is -1.70. The van der Waals surface area contributed by atoms with Crippen LogP contribution in [0.5, 0.6) is 0 Å². The van der Waals surface area contributed by atoms with E-state index in [0.29, 0.717) is 0 Å². The lowest BCUT2D eigenvalue weighted by atomic mass is 10.2. The number of hydrogen-bond donors (Lipinski definition) is 1. The molecule has 2 heterocycles. The Morgan fingerprint density at radius 3 is 2.36 bits per heavy atom. The van der Waals surface area contributed by atoms with Crippen molar-refractivity contribution >= 4 is 10.9 Å². The van der Waals surface area contributed by atoms with Gasteiger partial charge in [0, 0.05) is 29.5 Å². The first-order valence-electron chi connectivity index (χ1n) is 5.25. The number of aromatic amines is 1. The smallest absolute Gasteiger partial charge is 0.0487 e. The first kappa shape index (κ1) is 12.7. The molecule has 2 aromatic heterocycles. The van der Waals surface area contributed by atoms with Gasteiger partial charge in [-0.2, -0.15) is 0 Å². The molecule has 0 radical (unpaired) electrons. The maximum Gasteiger partial charge on any atom is 0.0487 e. The normalized spacial score (nSPS) is 8.36. The number of aromatic nitrogens is 2. The molecular weight excluding hydrogens is 172 g/mol. The van der Waals surface area contributed by atoms with Crippen LogP contribution in [0, 0.1) is 6.92 Å². The second-order valence-electron chi connectivity index (χ2n) is 2.39. The fourth-order valence-electron chi connectivity index (χ4n) is 1.10. The van der Waals surface area contributed by atoms with E-state index in [1.54, 1.807) is 6.20 Å². The largest absolute Gasteiger partial charge is 0.361 e. The topological polar surface area (TPSA) is 28.7 Å². The van der Waals surface area contributed by atoms with Crippen LogP contribution in [0.4, 0.5) is 0 Å². The minimum absolute atomic E-state index is 1.16. The van der Waals surface area contributed by atoms with Crippen LogP contribution in [0.25, 0.3) is 10.9 Å². The number of fused-ring (bicyclic) bond motifs is 1. The van der Waals surface area contributed by atoms with Gasteiger partial charge in [0.15, 0.2) is 0 Å². The molecule has 0 saturated heterocycles. The van der Waals surface area contributed by atoms with E-state index in [1.807, 2.05) is 46.2 Å². The Morgan fingerprint density at radius 1 is 1.14 bits per heavy atom. The van der Waals surface area contributed by atoms with Gasteiger partial charge in [0.05, 0.1) is 0 Å². The first-order valence-corrected chi connectivity index (χ1v) is 5.25. The van der Waals surface area contributed by atoms with Crippen molar-refractivity contribution in [1.82, 2.24) is 9.97 Å². The van der Waals surface area contributed by atoms with Gasteiger partial charge in [-0.3, -0.25) is 4.98 Å². The maximum atomic E-state index is 4.03. The van der Waals surface area contributed by atoms with Crippen LogP contribution < -0.4 is 0 Å². The van der Waals surface area contributed by atoms with Crippen LogP contribution in [-0.4, -0.2) is 9.97 Å². The second-order valence-corrected chi connectivity index (χ2v) is 2.39. The first-order chi connectivity index (χ1) is 6.88. The van der Waals surface area contributed by atoms with Crippen LogP contribution in [0.1, 0.15) is 33.3 Å². The van der Waals surface area contributed by atoms with Crippen molar-refractivity contribution in [1.29, 1.82) is 0 Å². The highest BCUT2D eigenvalue weighted by atomic mass is 14.7. The number of nitrogens with one attached hydrogen (secondary N) is 1. The van der Waals surface area contributed by atoms with Crippen molar-refractivity contribution < 1.29 is 0 Å². The fraction of sp³-hybridized carbons (Fsp3) is 0.417. The Labute approximate surface area is 86.4 Å². The molecule has 0 fully saturated rings. The molecule has 2 heteroatoms. The van der Waals surface area contributed by atoms with Crippen molar-refractivity contribution in [3.63, 3.8) is 0 Å². The van der Waals surface area contributed by atoms with Gasteiger partial charge < -0.3 is 4.98 Å². The molecule has 0 aliphatic carbocycles. The van der Waals surface area contributed by atoms with Gasteiger partial charge in [-0.15, -0.1) is 0 Å². The van der Waals surface area contributed by atoms with Gasteiger partial charge in [-0.25, -0.2) is 0 Å². The Balaban J connectivity index is 0.000000379. The molecule has 78 valence electrons. The van der Waals surface area contributed by atoms with Crippen LogP contribution in [0.3, 0.4) is 0 Å². The molecule has 2 nitrogen and oxygen atoms in total. The Hall–Kier alpha value is -1.31. The Morgan fingerprint density at radius 2 is 1.79 bits per heavy atom. The van der Waals surface area contributed by atoms with E-state index in [0.717, 1.165) is 5.52 Å². The zero-order chi connectivity index (χ0) is 11.0. The van der Waals surface area contributed by atoms with Gasteiger partial charge in [0.2, 0.25) is 0 Å². The van der Waals surface area contributed by atoms with Crippen molar-refractivity contribution in [2.75, 3.05) is 0 Å². The van der Waals surface area contributed by atoms with Crippen molar-refractivity contribution in [2.24, 2.45) is 0 Å². The standard InChI is InChI=1S/C8H8N2.2C2H6/c1-6-4-10-8-2-3-9-5-7(6)8;2*1-2/h2-5,10H,1H3;2*1-2H3. The highest BCUT2D eigenvalue weighted by Gasteiger charge is 1.95. The molecule has 0 bridgehead atoms. The van der Waals surface area contributed by atoms with E-state index in [4.69, 9.17) is 0 Å². The molecular formula is C12H20N2. The molecule has 0 aliphatic rings. The number of rotatable bonds is 0. The van der Waals surface area contributed by atoms with E-state index in [1.165, 1.54) is 10.9 Å². The summed E-state index contributed by atoms with van der Waals surface area (Å²) in [6.07, 6.45) is 5.66. The SMILES string of the molecule is CC.CC.Cc1c[nH]c2ccncc12. The minimum Gasteiger partial charge on any atom is -0.361 e. The molecule has 2 aromatic rings. The Kier molecular flexibility index (Phi) is 6.46. The monoisotopic (exact) mass is 192 g/mol. The molecule has 0 aromatic carbocycles. The Bertz CT molecular complexity index is 350. The van der Waals surface area contributed by atoms with Crippen molar-refractivity contribution in [3.8, 4) is 0 Å². The molecule has 0 aliphatic heterocycles. The zero-order valence-electron chi connectivity index (χ0n) is 9.76. The van der Waals surface area contributed by atoms with E-state index >= 15 is 0 Å². The van der Waals surface area contributed by atoms with Gasteiger partial charge in [-0.1, -0.05) is 27.7 Å². The van der Waals surface area contributed by atoms with Gasteiger partial charge >= 0.3 is 0 Å². The van der Waals surface area contributed by atoms with E-state index < -0.39 is 0 Å². The number of pyridine rings is 1. The average Bonchev–Trinajstić information content (AvgIpc) is 2.67. The van der Waals surface area contributed by atoms with Crippen LogP contribution >= 0.6 is 0 Å². The number of H-pyrrole nitrogens is 1. The number of hydrogen-bond acceptors (Lipinski definition) is 1. The highest BCUT2D eigenvalue weighted by molar-refractivity contribution is 5.81. The second kappa shape index (κ2) is 7.13.